The first kappa shape index (κ1) is 27.1. The first-order valence-electron chi connectivity index (χ1n) is 12.3. The van der Waals surface area contributed by atoms with Crippen LogP contribution in [0.15, 0.2) is 82.7 Å². The molecule has 0 bridgehead atoms. The SMILES string of the molecule is CO/N=C(\c1ccccc1)c1ccc2c(c1)sc(=O)n2CCOc1ccc(CC(OC(C)C)C(=O)O)cc1. The Bertz CT molecular complexity index is 1460. The van der Waals surface area contributed by atoms with Crippen LogP contribution in [-0.4, -0.2) is 47.3 Å². The molecule has 198 valence electrons. The minimum Gasteiger partial charge on any atom is -0.492 e. The second-order valence-electron chi connectivity index (χ2n) is 8.90. The van der Waals surface area contributed by atoms with Crippen LogP contribution >= 0.6 is 11.3 Å². The van der Waals surface area contributed by atoms with E-state index in [0.717, 1.165) is 26.9 Å². The molecule has 0 aliphatic carbocycles. The van der Waals surface area contributed by atoms with Gasteiger partial charge < -0.3 is 19.4 Å². The normalized spacial score (nSPS) is 12.6. The number of benzene rings is 3. The fraction of sp³-hybridized carbons (Fsp3) is 0.276. The summed E-state index contributed by atoms with van der Waals surface area (Å²) in [5.41, 5.74) is 4.15. The maximum Gasteiger partial charge on any atom is 0.333 e. The monoisotopic (exact) mass is 534 g/mol. The highest BCUT2D eigenvalue weighted by molar-refractivity contribution is 7.16. The molecule has 38 heavy (non-hydrogen) atoms. The number of carboxylic acids is 1. The average Bonchev–Trinajstić information content (AvgIpc) is 3.22. The number of oxime groups is 1. The van der Waals surface area contributed by atoms with Gasteiger partial charge in [0.15, 0.2) is 6.10 Å². The molecule has 0 aliphatic heterocycles. The number of rotatable bonds is 12. The lowest BCUT2D eigenvalue weighted by Crippen LogP contribution is -2.29. The molecule has 1 N–H and O–H groups in total. The number of hydrogen-bond acceptors (Lipinski definition) is 7. The second kappa shape index (κ2) is 12.5. The van der Waals surface area contributed by atoms with E-state index in [9.17, 15) is 14.7 Å². The Morgan fingerprint density at radius 2 is 1.76 bits per heavy atom. The number of carbonyl (C=O) groups is 1. The predicted molar refractivity (Wildman–Crippen MR) is 148 cm³/mol. The number of ether oxygens (including phenoxy) is 2. The molecule has 8 nitrogen and oxygen atoms in total. The van der Waals surface area contributed by atoms with Crippen LogP contribution in [0, 0.1) is 0 Å². The highest BCUT2D eigenvalue weighted by atomic mass is 32.1. The summed E-state index contributed by atoms with van der Waals surface area (Å²) in [6.45, 7) is 4.32. The third-order valence-corrected chi connectivity index (χ3v) is 6.75. The molecular weight excluding hydrogens is 504 g/mol. The van der Waals surface area contributed by atoms with E-state index in [1.165, 1.54) is 18.4 Å². The zero-order valence-electron chi connectivity index (χ0n) is 21.5. The Labute approximate surface area is 224 Å². The highest BCUT2D eigenvalue weighted by Gasteiger charge is 2.20. The zero-order valence-corrected chi connectivity index (χ0v) is 22.3. The summed E-state index contributed by atoms with van der Waals surface area (Å²) in [6, 6.07) is 22.8. The van der Waals surface area contributed by atoms with Crippen molar-refractivity contribution >= 4 is 33.2 Å². The van der Waals surface area contributed by atoms with Crippen molar-refractivity contribution in [3.8, 4) is 5.75 Å². The minimum absolute atomic E-state index is 0.0640. The molecule has 4 aromatic rings. The van der Waals surface area contributed by atoms with E-state index in [2.05, 4.69) is 5.16 Å². The number of carboxylic acid groups (broad SMARTS) is 1. The van der Waals surface area contributed by atoms with Crippen LogP contribution in [0.4, 0.5) is 0 Å². The quantitative estimate of drug-likeness (QED) is 0.204. The van der Waals surface area contributed by atoms with Crippen molar-refractivity contribution in [3.05, 3.63) is 99.2 Å². The Morgan fingerprint density at radius 1 is 1.03 bits per heavy atom. The topological polar surface area (TPSA) is 99.4 Å². The van der Waals surface area contributed by atoms with Gasteiger partial charge in [0.25, 0.3) is 0 Å². The maximum atomic E-state index is 12.7. The van der Waals surface area contributed by atoms with Gasteiger partial charge >= 0.3 is 10.8 Å². The first-order valence-corrected chi connectivity index (χ1v) is 13.1. The van der Waals surface area contributed by atoms with E-state index in [4.69, 9.17) is 14.3 Å². The molecule has 0 saturated carbocycles. The fourth-order valence-corrected chi connectivity index (χ4v) is 5.05. The molecule has 9 heteroatoms. The molecule has 3 aromatic carbocycles. The lowest BCUT2D eigenvalue weighted by atomic mass is 10.0. The molecule has 4 rings (SSSR count). The van der Waals surface area contributed by atoms with Crippen LogP contribution in [0.2, 0.25) is 0 Å². The smallest absolute Gasteiger partial charge is 0.333 e. The lowest BCUT2D eigenvalue weighted by molar-refractivity contribution is -0.153. The Morgan fingerprint density at radius 3 is 2.42 bits per heavy atom. The van der Waals surface area contributed by atoms with E-state index in [-0.39, 0.29) is 17.4 Å². The predicted octanol–water partition coefficient (Wildman–Crippen LogP) is 4.96. The van der Waals surface area contributed by atoms with Crippen LogP contribution in [0.1, 0.15) is 30.5 Å². The third-order valence-electron chi connectivity index (χ3n) is 5.81. The largest absolute Gasteiger partial charge is 0.492 e. The van der Waals surface area contributed by atoms with Crippen molar-refractivity contribution in [2.75, 3.05) is 13.7 Å². The summed E-state index contributed by atoms with van der Waals surface area (Å²) >= 11 is 1.18. The van der Waals surface area contributed by atoms with E-state index >= 15 is 0 Å². The number of aromatic nitrogens is 1. The summed E-state index contributed by atoms with van der Waals surface area (Å²) in [4.78, 5) is 29.2. The summed E-state index contributed by atoms with van der Waals surface area (Å²) < 4.78 is 13.9. The zero-order chi connectivity index (χ0) is 27.1. The number of thiazole rings is 1. The molecule has 1 atom stereocenters. The Hall–Kier alpha value is -3.95. The summed E-state index contributed by atoms with van der Waals surface area (Å²) in [5, 5.41) is 13.6. The number of aliphatic carboxylic acids is 1. The number of fused-ring (bicyclic) bond motifs is 1. The van der Waals surface area contributed by atoms with Crippen LogP contribution in [0.5, 0.6) is 5.75 Å². The van der Waals surface area contributed by atoms with Gasteiger partial charge in [0.05, 0.1) is 22.9 Å². The van der Waals surface area contributed by atoms with Crippen LogP contribution in [0.25, 0.3) is 10.2 Å². The van der Waals surface area contributed by atoms with Crippen LogP contribution in [-0.2, 0) is 27.3 Å². The molecule has 0 saturated heterocycles. The van der Waals surface area contributed by atoms with Gasteiger partial charge in [0.2, 0.25) is 0 Å². The van der Waals surface area contributed by atoms with E-state index < -0.39 is 12.1 Å². The van der Waals surface area contributed by atoms with Crippen LogP contribution in [0.3, 0.4) is 0 Å². The highest BCUT2D eigenvalue weighted by Crippen LogP contribution is 2.22. The standard InChI is InChI=1S/C29H30N2O6S/c1-19(2)37-25(28(32)33)17-20-9-12-23(13-10-20)36-16-15-31-24-14-11-22(18-26(24)38-29(31)34)27(30-35-3)21-7-5-4-6-8-21/h4-14,18-19,25H,15-17H2,1-3H3,(H,32,33)/b30-27+. The lowest BCUT2D eigenvalue weighted by Gasteiger charge is -2.16. The molecule has 1 unspecified atom stereocenters. The van der Waals surface area contributed by atoms with E-state index in [1.54, 1.807) is 16.7 Å². The summed E-state index contributed by atoms with van der Waals surface area (Å²) in [7, 11) is 1.51. The second-order valence-corrected chi connectivity index (χ2v) is 9.89. The summed E-state index contributed by atoms with van der Waals surface area (Å²) in [5.74, 6) is -0.342. The minimum atomic E-state index is -0.984. The van der Waals surface area contributed by atoms with E-state index in [0.29, 0.717) is 24.6 Å². The molecule has 1 heterocycles. The molecule has 0 aliphatic rings. The molecule has 0 fully saturated rings. The van der Waals surface area contributed by atoms with Gasteiger partial charge in [-0.2, -0.15) is 0 Å². The van der Waals surface area contributed by atoms with Crippen molar-refractivity contribution in [1.82, 2.24) is 4.57 Å². The van der Waals surface area contributed by atoms with Crippen molar-refractivity contribution < 1.29 is 24.2 Å². The number of nitrogens with zero attached hydrogens (tertiary/aromatic N) is 2. The van der Waals surface area contributed by atoms with Crippen LogP contribution < -0.4 is 9.61 Å². The Balaban J connectivity index is 1.42. The molecular formula is C29H30N2O6S. The van der Waals surface area contributed by atoms with Gasteiger partial charge in [-0.15, -0.1) is 0 Å². The maximum absolute atomic E-state index is 12.7. The van der Waals surface area contributed by atoms with Crippen molar-refractivity contribution in [3.63, 3.8) is 0 Å². The summed E-state index contributed by atoms with van der Waals surface area (Å²) in [6.07, 6.45) is -0.801. The molecule has 0 amide bonds. The van der Waals surface area contributed by atoms with Crippen molar-refractivity contribution in [2.45, 2.75) is 39.0 Å². The molecule has 0 radical (unpaired) electrons. The van der Waals surface area contributed by atoms with Crippen molar-refractivity contribution in [1.29, 1.82) is 0 Å². The third kappa shape index (κ3) is 6.67. The molecule has 0 spiro atoms. The fourth-order valence-electron chi connectivity index (χ4n) is 4.10. The van der Waals surface area contributed by atoms with Gasteiger partial charge in [-0.1, -0.05) is 65.0 Å². The Kier molecular flexibility index (Phi) is 8.93. The van der Waals surface area contributed by atoms with Gasteiger partial charge in [-0.25, -0.2) is 4.79 Å². The first-order chi connectivity index (χ1) is 18.4. The van der Waals surface area contributed by atoms with Gasteiger partial charge in [-0.3, -0.25) is 9.36 Å². The molecule has 1 aromatic heterocycles. The van der Waals surface area contributed by atoms with Gasteiger partial charge in [0.1, 0.15) is 25.2 Å². The van der Waals surface area contributed by atoms with Gasteiger partial charge in [-0.05, 0) is 43.7 Å². The van der Waals surface area contributed by atoms with E-state index in [1.807, 2.05) is 74.5 Å². The van der Waals surface area contributed by atoms with Gasteiger partial charge in [0, 0.05) is 17.5 Å². The number of hydrogen-bond donors (Lipinski definition) is 1. The average molecular weight is 535 g/mol. The van der Waals surface area contributed by atoms with Crippen molar-refractivity contribution in [2.24, 2.45) is 5.16 Å².